The number of halogens is 1. The first kappa shape index (κ1) is 17.6. The summed E-state index contributed by atoms with van der Waals surface area (Å²) in [5, 5.41) is 4.99. The van der Waals surface area contributed by atoms with Crippen LogP contribution in [-0.4, -0.2) is 45.7 Å². The second-order valence-corrected chi connectivity index (χ2v) is 4.29. The van der Waals surface area contributed by atoms with Crippen LogP contribution >= 0.6 is 0 Å². The predicted octanol–water partition coefficient (Wildman–Crippen LogP) is 0.726. The van der Waals surface area contributed by atoms with Crippen LogP contribution in [0.25, 0.3) is 6.08 Å². The highest BCUT2D eigenvalue weighted by Gasteiger charge is 2.04. The Hall–Kier alpha value is -2.41. The normalized spacial score (nSPS) is 10.5. The smallest absolute Gasteiger partial charge is 0.244 e. The zero-order chi connectivity index (χ0) is 16.4. The number of benzene rings is 1. The average Bonchev–Trinajstić information content (AvgIpc) is 2.51. The van der Waals surface area contributed by atoms with E-state index in [-0.39, 0.29) is 18.2 Å². The highest BCUT2D eigenvalue weighted by Crippen LogP contribution is 2.18. The van der Waals surface area contributed by atoms with Gasteiger partial charge in [0.2, 0.25) is 11.8 Å². The van der Waals surface area contributed by atoms with Crippen molar-refractivity contribution in [2.75, 3.05) is 33.9 Å². The molecule has 0 saturated heterocycles. The minimum atomic E-state index is -0.512. The quantitative estimate of drug-likeness (QED) is 0.548. The molecule has 0 spiro atoms. The molecule has 0 fully saturated rings. The number of amides is 2. The molecule has 0 radical (unpaired) electrons. The molecule has 0 aromatic heterocycles. The standard InChI is InChI=1S/C15H19FN2O4/c1-21-8-7-17-15(20)10-18-14(19)6-4-11-3-5-13(22-2)12(16)9-11/h3-6,9H,7-8,10H2,1-2H3,(H,17,20)(H,18,19). The van der Waals surface area contributed by atoms with Gasteiger partial charge < -0.3 is 20.1 Å². The lowest BCUT2D eigenvalue weighted by atomic mass is 10.2. The molecule has 2 amide bonds. The van der Waals surface area contributed by atoms with Crippen LogP contribution in [0.1, 0.15) is 5.56 Å². The lowest BCUT2D eigenvalue weighted by Gasteiger charge is -2.04. The number of ether oxygens (including phenoxy) is 2. The Morgan fingerprint density at radius 3 is 2.68 bits per heavy atom. The molecule has 1 rings (SSSR count). The lowest BCUT2D eigenvalue weighted by molar-refractivity contribution is -0.124. The van der Waals surface area contributed by atoms with Gasteiger partial charge in [-0.2, -0.15) is 0 Å². The van der Waals surface area contributed by atoms with Gasteiger partial charge in [0.15, 0.2) is 11.6 Å². The summed E-state index contributed by atoms with van der Waals surface area (Å²) in [6.45, 7) is 0.651. The van der Waals surface area contributed by atoms with Gasteiger partial charge in [-0.1, -0.05) is 6.07 Å². The van der Waals surface area contributed by atoms with E-state index in [0.29, 0.717) is 18.7 Å². The summed E-state index contributed by atoms with van der Waals surface area (Å²) in [6, 6.07) is 4.33. The molecule has 22 heavy (non-hydrogen) atoms. The molecule has 1 aromatic rings. The van der Waals surface area contributed by atoms with Crippen LogP contribution in [0.4, 0.5) is 4.39 Å². The fourth-order valence-electron chi connectivity index (χ4n) is 1.54. The Morgan fingerprint density at radius 2 is 2.05 bits per heavy atom. The third-order valence-corrected chi connectivity index (χ3v) is 2.65. The fraction of sp³-hybridized carbons (Fsp3) is 0.333. The van der Waals surface area contributed by atoms with Crippen LogP contribution in [0.5, 0.6) is 5.75 Å². The van der Waals surface area contributed by atoms with E-state index in [1.807, 2.05) is 0 Å². The van der Waals surface area contributed by atoms with Crippen molar-refractivity contribution in [3.63, 3.8) is 0 Å². The van der Waals surface area contributed by atoms with E-state index in [1.165, 1.54) is 38.5 Å². The van der Waals surface area contributed by atoms with Crippen molar-refractivity contribution in [2.24, 2.45) is 0 Å². The van der Waals surface area contributed by atoms with Crippen molar-refractivity contribution in [2.45, 2.75) is 0 Å². The van der Waals surface area contributed by atoms with Gasteiger partial charge in [0.1, 0.15) is 0 Å². The highest BCUT2D eigenvalue weighted by molar-refractivity contribution is 5.94. The number of nitrogens with one attached hydrogen (secondary N) is 2. The predicted molar refractivity (Wildman–Crippen MR) is 79.9 cm³/mol. The van der Waals surface area contributed by atoms with Crippen molar-refractivity contribution >= 4 is 17.9 Å². The van der Waals surface area contributed by atoms with Crippen LogP contribution < -0.4 is 15.4 Å². The molecule has 0 aliphatic carbocycles. The number of carbonyl (C=O) groups is 2. The molecule has 0 heterocycles. The average molecular weight is 310 g/mol. The van der Waals surface area contributed by atoms with Gasteiger partial charge in [0.05, 0.1) is 20.3 Å². The van der Waals surface area contributed by atoms with Crippen molar-refractivity contribution in [1.82, 2.24) is 10.6 Å². The SMILES string of the molecule is COCCNC(=O)CNC(=O)C=Cc1ccc(OC)c(F)c1. The van der Waals surface area contributed by atoms with Crippen LogP contribution in [0.3, 0.4) is 0 Å². The van der Waals surface area contributed by atoms with Crippen LogP contribution in [-0.2, 0) is 14.3 Å². The molecule has 1 aromatic carbocycles. The van der Waals surface area contributed by atoms with Crippen molar-refractivity contribution in [3.8, 4) is 5.75 Å². The zero-order valence-electron chi connectivity index (χ0n) is 12.5. The maximum atomic E-state index is 13.5. The van der Waals surface area contributed by atoms with Gasteiger partial charge in [-0.25, -0.2) is 4.39 Å². The molecule has 0 bridgehead atoms. The summed E-state index contributed by atoms with van der Waals surface area (Å²) in [7, 11) is 2.90. The van der Waals surface area contributed by atoms with Crippen molar-refractivity contribution in [3.05, 3.63) is 35.7 Å². The van der Waals surface area contributed by atoms with Gasteiger partial charge >= 0.3 is 0 Å². The fourth-order valence-corrected chi connectivity index (χ4v) is 1.54. The van der Waals surface area contributed by atoms with Crippen molar-refractivity contribution < 1.29 is 23.5 Å². The first-order valence-electron chi connectivity index (χ1n) is 6.62. The molecule has 0 aliphatic rings. The summed E-state index contributed by atoms with van der Waals surface area (Å²) in [5.74, 6) is -1.13. The number of rotatable bonds is 8. The van der Waals surface area contributed by atoms with Crippen LogP contribution in [0, 0.1) is 5.82 Å². The molecule has 6 nitrogen and oxygen atoms in total. The van der Waals surface area contributed by atoms with Crippen LogP contribution in [0.15, 0.2) is 24.3 Å². The summed E-state index contributed by atoms with van der Waals surface area (Å²) in [5.41, 5.74) is 0.512. The molecule has 0 aliphatic heterocycles. The largest absolute Gasteiger partial charge is 0.494 e. The molecule has 0 atom stereocenters. The van der Waals surface area contributed by atoms with Gasteiger partial charge in [0, 0.05) is 19.7 Å². The Morgan fingerprint density at radius 1 is 1.27 bits per heavy atom. The lowest BCUT2D eigenvalue weighted by Crippen LogP contribution is -2.37. The molecule has 7 heteroatoms. The summed E-state index contributed by atoms with van der Waals surface area (Å²) < 4.78 is 23.0. The van der Waals surface area contributed by atoms with Gasteiger partial charge in [0.25, 0.3) is 0 Å². The topological polar surface area (TPSA) is 76.7 Å². The number of hydrogen-bond acceptors (Lipinski definition) is 4. The molecule has 2 N–H and O–H groups in total. The van der Waals surface area contributed by atoms with Crippen LogP contribution in [0.2, 0.25) is 0 Å². The number of hydrogen-bond donors (Lipinski definition) is 2. The van der Waals surface area contributed by atoms with E-state index < -0.39 is 11.7 Å². The van der Waals surface area contributed by atoms with E-state index >= 15 is 0 Å². The van der Waals surface area contributed by atoms with E-state index in [2.05, 4.69) is 10.6 Å². The Labute approximate surface area is 128 Å². The number of methoxy groups -OCH3 is 2. The maximum absolute atomic E-state index is 13.5. The maximum Gasteiger partial charge on any atom is 0.244 e. The van der Waals surface area contributed by atoms with Gasteiger partial charge in [-0.3, -0.25) is 9.59 Å². The summed E-state index contributed by atoms with van der Waals surface area (Å²) >= 11 is 0. The Kier molecular flexibility index (Phi) is 7.63. The minimum Gasteiger partial charge on any atom is -0.494 e. The summed E-state index contributed by atoms with van der Waals surface area (Å²) in [4.78, 5) is 22.9. The molecule has 0 unspecified atom stereocenters. The monoisotopic (exact) mass is 310 g/mol. The number of carbonyl (C=O) groups excluding carboxylic acids is 2. The van der Waals surface area contributed by atoms with E-state index in [9.17, 15) is 14.0 Å². The van der Waals surface area contributed by atoms with E-state index in [1.54, 1.807) is 6.07 Å². The first-order chi connectivity index (χ1) is 10.6. The molecular formula is C15H19FN2O4. The van der Waals surface area contributed by atoms with Gasteiger partial charge in [-0.15, -0.1) is 0 Å². The third kappa shape index (κ3) is 6.36. The first-order valence-corrected chi connectivity index (χ1v) is 6.62. The van der Waals surface area contributed by atoms with E-state index in [0.717, 1.165) is 0 Å². The second-order valence-electron chi connectivity index (χ2n) is 4.29. The Bertz CT molecular complexity index is 546. The second kappa shape index (κ2) is 9.51. The van der Waals surface area contributed by atoms with Gasteiger partial charge in [-0.05, 0) is 23.8 Å². The summed E-state index contributed by atoms with van der Waals surface area (Å²) in [6.07, 6.45) is 2.67. The zero-order valence-corrected chi connectivity index (χ0v) is 12.5. The highest BCUT2D eigenvalue weighted by atomic mass is 19.1. The molecule has 0 saturated carbocycles. The molecular weight excluding hydrogens is 291 g/mol. The van der Waals surface area contributed by atoms with E-state index in [4.69, 9.17) is 9.47 Å². The third-order valence-electron chi connectivity index (χ3n) is 2.65. The van der Waals surface area contributed by atoms with Crippen molar-refractivity contribution in [1.29, 1.82) is 0 Å². The molecule has 120 valence electrons. The Balaban J connectivity index is 2.41. The minimum absolute atomic E-state index is 0.134.